The molecule has 0 bridgehead atoms. The van der Waals surface area contributed by atoms with Gasteiger partial charge < -0.3 is 0 Å². The first kappa shape index (κ1) is 13.9. The van der Waals surface area contributed by atoms with Crippen molar-refractivity contribution in [2.75, 3.05) is 0 Å². The lowest BCUT2D eigenvalue weighted by atomic mass is 10.1. The minimum atomic E-state index is 0.654. The number of aldehydes is 1. The molecular formula is C16H17NO. The lowest BCUT2D eigenvalue weighted by molar-refractivity contribution is -0.104. The summed E-state index contributed by atoms with van der Waals surface area (Å²) in [4.78, 5) is 10.5. The Morgan fingerprint density at radius 1 is 1.33 bits per heavy atom. The van der Waals surface area contributed by atoms with Crippen LogP contribution in [-0.2, 0) is 4.79 Å². The molecule has 1 rings (SSSR count). The van der Waals surface area contributed by atoms with Crippen molar-refractivity contribution in [1.82, 2.24) is 0 Å². The summed E-state index contributed by atoms with van der Waals surface area (Å²) in [6, 6.07) is 9.45. The molecule has 0 aliphatic rings. The van der Waals surface area contributed by atoms with Crippen LogP contribution < -0.4 is 0 Å². The Balaban J connectivity index is 2.73. The minimum Gasteiger partial charge on any atom is -0.299 e. The van der Waals surface area contributed by atoms with Gasteiger partial charge >= 0.3 is 0 Å². The zero-order valence-electron chi connectivity index (χ0n) is 10.6. The Bertz CT molecular complexity index is 475. The van der Waals surface area contributed by atoms with Crippen LogP contribution in [0.1, 0.15) is 37.3 Å². The quantitative estimate of drug-likeness (QED) is 0.429. The maximum absolute atomic E-state index is 10.5. The van der Waals surface area contributed by atoms with E-state index in [2.05, 4.69) is 13.0 Å². The average molecular weight is 239 g/mol. The van der Waals surface area contributed by atoms with Gasteiger partial charge in [-0.25, -0.2) is 0 Å². The topological polar surface area (TPSA) is 40.9 Å². The first-order valence-electron chi connectivity index (χ1n) is 6.12. The number of unbranched alkanes of at least 4 members (excludes halogenated alkanes) is 1. The molecule has 0 N–H and O–H groups in total. The standard InChI is InChI=1S/C16H17NO/c1-2-3-4-14(11-12-18)5-6-15-7-9-16(13-17)10-8-15/h5-12H,2-4H2,1H3/b6-5+,14-11-. The summed E-state index contributed by atoms with van der Waals surface area (Å²) < 4.78 is 0. The number of rotatable bonds is 6. The van der Waals surface area contributed by atoms with Gasteiger partial charge in [-0.2, -0.15) is 5.26 Å². The largest absolute Gasteiger partial charge is 0.299 e. The third-order valence-corrected chi connectivity index (χ3v) is 2.63. The number of carbonyl (C=O) groups excluding carboxylic acids is 1. The van der Waals surface area contributed by atoms with Crippen LogP contribution in [0, 0.1) is 11.3 Å². The van der Waals surface area contributed by atoms with Crippen LogP contribution in [0.4, 0.5) is 0 Å². The molecule has 0 unspecified atom stereocenters. The highest BCUT2D eigenvalue weighted by Gasteiger charge is 1.93. The predicted octanol–water partition coefficient (Wildman–Crippen LogP) is 3.89. The molecule has 92 valence electrons. The molecular weight excluding hydrogens is 222 g/mol. The lowest BCUT2D eigenvalue weighted by Crippen LogP contribution is -1.81. The SMILES string of the molecule is CCCCC(=C/C=O)/C=C/c1ccc(C#N)cc1. The van der Waals surface area contributed by atoms with E-state index < -0.39 is 0 Å². The second-order valence-electron chi connectivity index (χ2n) is 4.05. The Kier molecular flexibility index (Phi) is 6.21. The van der Waals surface area contributed by atoms with E-state index in [0.29, 0.717) is 5.56 Å². The summed E-state index contributed by atoms with van der Waals surface area (Å²) >= 11 is 0. The van der Waals surface area contributed by atoms with E-state index in [0.717, 1.165) is 36.7 Å². The number of nitrogens with zero attached hydrogens (tertiary/aromatic N) is 1. The Hall–Kier alpha value is -2.14. The van der Waals surface area contributed by atoms with Gasteiger partial charge in [0, 0.05) is 0 Å². The van der Waals surface area contributed by atoms with E-state index in [1.54, 1.807) is 18.2 Å². The highest BCUT2D eigenvalue weighted by molar-refractivity contribution is 5.68. The van der Waals surface area contributed by atoms with Gasteiger partial charge in [0.1, 0.15) is 6.29 Å². The van der Waals surface area contributed by atoms with Gasteiger partial charge in [-0.05, 0) is 42.2 Å². The van der Waals surface area contributed by atoms with E-state index in [1.807, 2.05) is 24.3 Å². The number of allylic oxidation sites excluding steroid dienone is 3. The van der Waals surface area contributed by atoms with Crippen molar-refractivity contribution in [2.45, 2.75) is 26.2 Å². The van der Waals surface area contributed by atoms with Crippen molar-refractivity contribution < 1.29 is 4.79 Å². The number of nitriles is 1. The highest BCUT2D eigenvalue weighted by Crippen LogP contribution is 2.12. The van der Waals surface area contributed by atoms with Crippen molar-refractivity contribution in [3.8, 4) is 6.07 Å². The van der Waals surface area contributed by atoms with Crippen LogP contribution in [-0.4, -0.2) is 6.29 Å². The molecule has 0 aliphatic carbocycles. The van der Waals surface area contributed by atoms with Crippen LogP contribution in [0.15, 0.2) is 42.0 Å². The monoisotopic (exact) mass is 239 g/mol. The number of hydrogen-bond acceptors (Lipinski definition) is 2. The van der Waals surface area contributed by atoms with E-state index >= 15 is 0 Å². The molecule has 2 heteroatoms. The molecule has 0 atom stereocenters. The first-order valence-corrected chi connectivity index (χ1v) is 6.12. The molecule has 0 saturated carbocycles. The van der Waals surface area contributed by atoms with Gasteiger partial charge in [-0.15, -0.1) is 0 Å². The van der Waals surface area contributed by atoms with Gasteiger partial charge in [0.05, 0.1) is 11.6 Å². The van der Waals surface area contributed by atoms with E-state index in [9.17, 15) is 4.79 Å². The molecule has 0 spiro atoms. The van der Waals surface area contributed by atoms with E-state index in [4.69, 9.17) is 5.26 Å². The number of hydrogen-bond donors (Lipinski definition) is 0. The maximum atomic E-state index is 10.5. The fourth-order valence-corrected chi connectivity index (χ4v) is 1.56. The molecule has 1 aromatic carbocycles. The fourth-order valence-electron chi connectivity index (χ4n) is 1.56. The summed E-state index contributed by atoms with van der Waals surface area (Å²) in [7, 11) is 0. The van der Waals surface area contributed by atoms with Crippen molar-refractivity contribution >= 4 is 12.4 Å². The molecule has 0 fully saturated rings. The molecule has 0 aliphatic heterocycles. The van der Waals surface area contributed by atoms with Crippen molar-refractivity contribution in [3.05, 3.63) is 53.1 Å². The van der Waals surface area contributed by atoms with Gasteiger partial charge in [0.2, 0.25) is 0 Å². The second kappa shape index (κ2) is 8.03. The normalized spacial score (nSPS) is 11.4. The Labute approximate surface area is 108 Å². The van der Waals surface area contributed by atoms with Crippen LogP contribution in [0.25, 0.3) is 6.08 Å². The summed E-state index contributed by atoms with van der Waals surface area (Å²) in [6.45, 7) is 2.13. The second-order valence-corrected chi connectivity index (χ2v) is 4.05. The van der Waals surface area contributed by atoms with Crippen LogP contribution in [0.2, 0.25) is 0 Å². The average Bonchev–Trinajstić information content (AvgIpc) is 2.42. The van der Waals surface area contributed by atoms with Crippen LogP contribution in [0.5, 0.6) is 0 Å². The number of carbonyl (C=O) groups is 1. The molecule has 2 nitrogen and oxygen atoms in total. The van der Waals surface area contributed by atoms with Gasteiger partial charge in [-0.1, -0.05) is 37.6 Å². The highest BCUT2D eigenvalue weighted by atomic mass is 16.1. The molecule has 0 heterocycles. The van der Waals surface area contributed by atoms with Gasteiger partial charge in [0.15, 0.2) is 0 Å². The molecule has 0 aromatic heterocycles. The summed E-state index contributed by atoms with van der Waals surface area (Å²) in [6.07, 6.45) is 9.47. The van der Waals surface area contributed by atoms with Crippen LogP contribution in [0.3, 0.4) is 0 Å². The third-order valence-electron chi connectivity index (χ3n) is 2.63. The smallest absolute Gasteiger partial charge is 0.143 e. The van der Waals surface area contributed by atoms with E-state index in [-0.39, 0.29) is 0 Å². The summed E-state index contributed by atoms with van der Waals surface area (Å²) in [5, 5.41) is 8.70. The third kappa shape index (κ3) is 4.80. The van der Waals surface area contributed by atoms with Crippen molar-refractivity contribution in [1.29, 1.82) is 5.26 Å². The van der Waals surface area contributed by atoms with Crippen molar-refractivity contribution in [2.24, 2.45) is 0 Å². The molecule has 1 aromatic rings. The predicted molar refractivity (Wildman–Crippen MR) is 73.9 cm³/mol. The van der Waals surface area contributed by atoms with Gasteiger partial charge in [-0.3, -0.25) is 4.79 Å². The zero-order valence-corrected chi connectivity index (χ0v) is 10.6. The minimum absolute atomic E-state index is 0.654. The molecule has 0 saturated heterocycles. The van der Waals surface area contributed by atoms with Crippen molar-refractivity contribution in [3.63, 3.8) is 0 Å². The first-order chi connectivity index (χ1) is 8.80. The Morgan fingerprint density at radius 2 is 2.06 bits per heavy atom. The molecule has 0 amide bonds. The van der Waals surface area contributed by atoms with Crippen LogP contribution >= 0.6 is 0 Å². The summed E-state index contributed by atoms with van der Waals surface area (Å²) in [5.41, 5.74) is 2.72. The number of benzene rings is 1. The van der Waals surface area contributed by atoms with Gasteiger partial charge in [0.25, 0.3) is 0 Å². The summed E-state index contributed by atoms with van der Waals surface area (Å²) in [5.74, 6) is 0. The Morgan fingerprint density at radius 3 is 2.61 bits per heavy atom. The fraction of sp³-hybridized carbons (Fsp3) is 0.250. The zero-order chi connectivity index (χ0) is 13.2. The lowest BCUT2D eigenvalue weighted by Gasteiger charge is -1.99. The molecule has 18 heavy (non-hydrogen) atoms. The maximum Gasteiger partial charge on any atom is 0.143 e. The van der Waals surface area contributed by atoms with E-state index in [1.165, 1.54) is 0 Å². The molecule has 0 radical (unpaired) electrons.